The molecule has 242 valence electrons. The highest BCUT2D eigenvalue weighted by atomic mass is 32.2. The van der Waals surface area contributed by atoms with Gasteiger partial charge in [-0.05, 0) is 93.0 Å². The van der Waals surface area contributed by atoms with Crippen molar-refractivity contribution in [3.63, 3.8) is 0 Å². The van der Waals surface area contributed by atoms with Crippen molar-refractivity contribution in [3.8, 4) is 5.75 Å². The van der Waals surface area contributed by atoms with Gasteiger partial charge in [0.05, 0.1) is 24.2 Å². The molecule has 0 aromatic heterocycles. The summed E-state index contributed by atoms with van der Waals surface area (Å²) < 4.78 is 38.0. The van der Waals surface area contributed by atoms with Gasteiger partial charge >= 0.3 is 0 Å². The van der Waals surface area contributed by atoms with Crippen LogP contribution in [-0.2, 0) is 36.0 Å². The van der Waals surface area contributed by atoms with Gasteiger partial charge in [-0.25, -0.2) is 4.21 Å². The van der Waals surface area contributed by atoms with E-state index in [9.17, 15) is 13.8 Å². The number of fused-ring (bicyclic) bond motifs is 4. The van der Waals surface area contributed by atoms with Crippen LogP contribution in [0.15, 0.2) is 52.9 Å². The molecule has 45 heavy (non-hydrogen) atoms. The molecule has 0 radical (unpaired) electrons. The van der Waals surface area contributed by atoms with E-state index in [2.05, 4.69) is 51.3 Å². The molecule has 2 aliphatic heterocycles. The Morgan fingerprint density at radius 3 is 2.82 bits per heavy atom. The van der Waals surface area contributed by atoms with Gasteiger partial charge in [0.25, 0.3) is 11.8 Å². The molecule has 2 aliphatic carbocycles. The van der Waals surface area contributed by atoms with E-state index in [4.69, 9.17) is 14.2 Å². The number of allylic oxidation sites excluding steroid dienone is 1. The molecule has 2 amide bonds. The number of amides is 2. The molecule has 1 saturated carbocycles. The third-order valence-corrected chi connectivity index (χ3v) is 11.8. The first kappa shape index (κ1) is 31.8. The second-order valence-electron chi connectivity index (χ2n) is 13.1. The summed E-state index contributed by atoms with van der Waals surface area (Å²) >= 11 is 0. The zero-order valence-electron chi connectivity index (χ0n) is 26.6. The molecular formula is C35H45N3O6S. The van der Waals surface area contributed by atoms with E-state index < -0.39 is 21.7 Å². The number of methoxy groups -OCH3 is 2. The predicted octanol–water partition coefficient (Wildman–Crippen LogP) is 5.15. The number of nitrogens with zero attached hydrogens (tertiary/aromatic N) is 2. The number of rotatable bonds is 4. The first-order valence-corrected chi connectivity index (χ1v) is 17.8. The van der Waals surface area contributed by atoms with Gasteiger partial charge < -0.3 is 19.1 Å². The van der Waals surface area contributed by atoms with Crippen molar-refractivity contribution in [1.29, 1.82) is 0 Å². The molecule has 9 nitrogen and oxygen atoms in total. The van der Waals surface area contributed by atoms with Crippen LogP contribution in [0.2, 0.25) is 0 Å². The Morgan fingerprint density at radius 2 is 2.04 bits per heavy atom. The number of hydrogen-bond acceptors (Lipinski definition) is 7. The van der Waals surface area contributed by atoms with E-state index in [-0.39, 0.29) is 23.9 Å². The highest BCUT2D eigenvalue weighted by Crippen LogP contribution is 2.46. The Bertz CT molecular complexity index is 1600. The maximum absolute atomic E-state index is 13.9. The van der Waals surface area contributed by atoms with Crippen LogP contribution in [0.3, 0.4) is 0 Å². The van der Waals surface area contributed by atoms with Crippen molar-refractivity contribution in [2.45, 2.75) is 63.4 Å². The number of carbonyl (C=O) groups is 2. The van der Waals surface area contributed by atoms with Crippen molar-refractivity contribution in [2.24, 2.45) is 16.2 Å². The Balaban J connectivity index is 1.43. The van der Waals surface area contributed by atoms with Crippen LogP contribution in [0.4, 0.5) is 5.69 Å². The second kappa shape index (κ2) is 13.3. The van der Waals surface area contributed by atoms with Gasteiger partial charge in [0.15, 0.2) is 0 Å². The third kappa shape index (κ3) is 6.69. The first-order chi connectivity index (χ1) is 21.7. The quantitative estimate of drug-likeness (QED) is 0.464. The molecule has 4 aliphatic rings. The summed E-state index contributed by atoms with van der Waals surface area (Å²) in [7, 11) is -0.226. The minimum atomic E-state index is -3.38. The van der Waals surface area contributed by atoms with Gasteiger partial charge in [-0.15, -0.1) is 4.36 Å². The van der Waals surface area contributed by atoms with E-state index in [1.807, 2.05) is 12.1 Å². The maximum Gasteiger partial charge on any atom is 0.286 e. The molecule has 2 bridgehead atoms. The molecule has 2 aromatic rings. The lowest BCUT2D eigenvalue weighted by Gasteiger charge is -2.46. The first-order valence-electron chi connectivity index (χ1n) is 16.1. The summed E-state index contributed by atoms with van der Waals surface area (Å²) in [5.41, 5.74) is 5.01. The smallest absolute Gasteiger partial charge is 0.286 e. The number of carbonyl (C=O) groups excluding carboxylic acids is 2. The molecule has 1 spiro atoms. The average Bonchev–Trinajstić information content (AvgIpc) is 3.14. The summed E-state index contributed by atoms with van der Waals surface area (Å²) in [6.45, 7) is 4.02. The summed E-state index contributed by atoms with van der Waals surface area (Å²) in [4.78, 5) is 28.4. The molecule has 0 unspecified atom stereocenters. The van der Waals surface area contributed by atoms with Crippen molar-refractivity contribution < 1.29 is 28.0 Å². The topological polar surface area (TPSA) is 107 Å². The SMILES string of the molecule is COCC(=O)N[S@@]1(=O)=NC(=O)c2ccc3c(c2)N(C[C@@H]2CC[C@H]2[C@@H](OC)/C=C/CCC1)C[C@@]1(CCCc2cc(C)ccc21)CO3. The number of hydrogen-bond donors (Lipinski definition) is 1. The Kier molecular flexibility index (Phi) is 9.36. The fourth-order valence-electron chi connectivity index (χ4n) is 7.61. The van der Waals surface area contributed by atoms with Crippen LogP contribution < -0.4 is 14.4 Å². The molecule has 2 aromatic carbocycles. The fourth-order valence-corrected chi connectivity index (χ4v) is 9.20. The Labute approximate surface area is 267 Å². The summed E-state index contributed by atoms with van der Waals surface area (Å²) in [6.07, 6.45) is 10.7. The summed E-state index contributed by atoms with van der Waals surface area (Å²) in [5, 5.41) is 0. The highest BCUT2D eigenvalue weighted by Gasteiger charge is 2.44. The van der Waals surface area contributed by atoms with Crippen LogP contribution in [0.5, 0.6) is 5.75 Å². The van der Waals surface area contributed by atoms with Crippen LogP contribution in [-0.4, -0.2) is 68.4 Å². The van der Waals surface area contributed by atoms with Crippen molar-refractivity contribution >= 4 is 27.4 Å². The van der Waals surface area contributed by atoms with Gasteiger partial charge in [-0.3, -0.25) is 14.3 Å². The minimum Gasteiger partial charge on any atom is -0.490 e. The molecular weight excluding hydrogens is 590 g/mol. The number of aryl methyl sites for hydroxylation is 2. The molecule has 1 N–H and O–H groups in total. The molecule has 0 saturated heterocycles. The predicted molar refractivity (Wildman–Crippen MR) is 175 cm³/mol. The van der Waals surface area contributed by atoms with Gasteiger partial charge in [0, 0.05) is 38.3 Å². The normalized spacial score (nSPS) is 30.5. The third-order valence-electron chi connectivity index (χ3n) is 10.00. The highest BCUT2D eigenvalue weighted by molar-refractivity contribution is 7.92. The zero-order chi connectivity index (χ0) is 31.6. The van der Waals surface area contributed by atoms with E-state index >= 15 is 0 Å². The van der Waals surface area contributed by atoms with Crippen molar-refractivity contribution in [3.05, 3.63) is 70.8 Å². The van der Waals surface area contributed by atoms with Crippen LogP contribution >= 0.6 is 0 Å². The largest absolute Gasteiger partial charge is 0.490 e. The lowest BCUT2D eigenvalue weighted by atomic mass is 9.68. The zero-order valence-corrected chi connectivity index (χ0v) is 27.4. The van der Waals surface area contributed by atoms with Crippen molar-refractivity contribution in [1.82, 2.24) is 4.72 Å². The molecule has 2 heterocycles. The van der Waals surface area contributed by atoms with Gasteiger partial charge in [-0.1, -0.05) is 35.9 Å². The van der Waals surface area contributed by atoms with E-state index in [0.29, 0.717) is 36.8 Å². The number of nitrogens with one attached hydrogen (secondary N) is 1. The van der Waals surface area contributed by atoms with E-state index in [1.54, 1.807) is 13.2 Å². The van der Waals surface area contributed by atoms with Gasteiger partial charge in [0.2, 0.25) is 0 Å². The molecule has 10 heteroatoms. The van der Waals surface area contributed by atoms with E-state index in [1.165, 1.54) is 23.8 Å². The standard InChI is InChI=1S/C35H45N3O6S/c1-24-10-14-29-25(18-24)8-7-16-35(29)22-38-20-27-11-13-28(27)31(43-3)9-5-4-6-17-45(41,36-33(39)21-42-2)37-34(40)26-12-15-32(44-23-35)30(38)19-26/h5,9-10,12,14-15,18-19,27-28,31H,4,6-8,11,13,16-17,20-23H2,1-3H3,(H,36,37,39,40,41)/b9-5+/t27-,28+,31-,35-,45+/m0/s1. The molecule has 5 atom stereocenters. The second-order valence-corrected chi connectivity index (χ2v) is 15.2. The van der Waals surface area contributed by atoms with E-state index in [0.717, 1.165) is 56.6 Å². The lowest BCUT2D eigenvalue weighted by Crippen LogP contribution is -2.49. The van der Waals surface area contributed by atoms with Crippen molar-refractivity contribution in [2.75, 3.05) is 51.2 Å². The maximum atomic E-state index is 13.9. The average molecular weight is 636 g/mol. The van der Waals surface area contributed by atoms with Gasteiger partial charge in [0.1, 0.15) is 22.3 Å². The Hall–Kier alpha value is -3.21. The number of anilines is 1. The molecule has 1 fully saturated rings. The fraction of sp³-hybridized carbons (Fsp3) is 0.543. The molecule has 6 rings (SSSR count). The number of ether oxygens (including phenoxy) is 3. The minimum absolute atomic E-state index is 0.0185. The lowest BCUT2D eigenvalue weighted by molar-refractivity contribution is -0.122. The van der Waals surface area contributed by atoms with Crippen LogP contribution in [0.1, 0.15) is 65.6 Å². The monoisotopic (exact) mass is 635 g/mol. The van der Waals surface area contributed by atoms with Gasteiger partial charge in [-0.2, -0.15) is 0 Å². The number of benzene rings is 2. The summed E-state index contributed by atoms with van der Waals surface area (Å²) in [6, 6.07) is 12.2. The van der Waals surface area contributed by atoms with Crippen LogP contribution in [0, 0.1) is 18.8 Å². The Morgan fingerprint density at radius 1 is 1.18 bits per heavy atom. The van der Waals surface area contributed by atoms with Crippen LogP contribution in [0.25, 0.3) is 0 Å². The summed E-state index contributed by atoms with van der Waals surface area (Å²) in [5.74, 6) is 0.383.